The molecule has 0 spiro atoms. The van der Waals surface area contributed by atoms with Crippen LogP contribution in [-0.4, -0.2) is 28.7 Å². The zero-order valence-corrected chi connectivity index (χ0v) is 16.7. The first-order valence-corrected chi connectivity index (χ1v) is 9.65. The standard InChI is InChI=1S/C23H20F3N3O2/c1-30-11-9-21-17(14-31-19-6-7-20-16(12-19)8-10-27-20)13-28-22(29-21)15-2-4-18(5-3-15)23(24,25)26/h2-8,10,12-13,27H,9,11,14H2,1H3. The summed E-state index contributed by atoms with van der Waals surface area (Å²) in [5.74, 6) is 1.08. The second-order valence-electron chi connectivity index (χ2n) is 7.00. The van der Waals surface area contributed by atoms with Gasteiger partial charge < -0.3 is 14.5 Å². The first-order valence-electron chi connectivity index (χ1n) is 9.65. The van der Waals surface area contributed by atoms with Gasteiger partial charge in [0.15, 0.2) is 5.82 Å². The van der Waals surface area contributed by atoms with Crippen molar-refractivity contribution in [2.45, 2.75) is 19.2 Å². The van der Waals surface area contributed by atoms with Crippen molar-refractivity contribution in [1.29, 1.82) is 0 Å². The molecular weight excluding hydrogens is 407 g/mol. The van der Waals surface area contributed by atoms with Gasteiger partial charge in [0.1, 0.15) is 12.4 Å². The number of nitrogens with zero attached hydrogens (tertiary/aromatic N) is 2. The van der Waals surface area contributed by atoms with E-state index in [0.717, 1.165) is 40.0 Å². The maximum Gasteiger partial charge on any atom is 0.416 e. The van der Waals surface area contributed by atoms with Crippen molar-refractivity contribution >= 4 is 10.9 Å². The lowest BCUT2D eigenvalue weighted by Gasteiger charge is -2.12. The van der Waals surface area contributed by atoms with Crippen LogP contribution in [0.2, 0.25) is 0 Å². The molecule has 0 saturated carbocycles. The van der Waals surface area contributed by atoms with E-state index in [1.165, 1.54) is 12.1 Å². The second kappa shape index (κ2) is 8.77. The molecule has 0 bridgehead atoms. The average Bonchev–Trinajstić information content (AvgIpc) is 3.24. The molecule has 0 saturated heterocycles. The van der Waals surface area contributed by atoms with Gasteiger partial charge in [0.2, 0.25) is 0 Å². The summed E-state index contributed by atoms with van der Waals surface area (Å²) in [6.07, 6.45) is -0.333. The predicted octanol–water partition coefficient (Wildman–Crippen LogP) is 5.41. The summed E-state index contributed by atoms with van der Waals surface area (Å²) in [6.45, 7) is 0.716. The smallest absolute Gasteiger partial charge is 0.416 e. The van der Waals surface area contributed by atoms with E-state index < -0.39 is 11.7 Å². The molecule has 0 unspecified atom stereocenters. The predicted molar refractivity (Wildman–Crippen MR) is 111 cm³/mol. The molecule has 31 heavy (non-hydrogen) atoms. The van der Waals surface area contributed by atoms with E-state index in [2.05, 4.69) is 15.0 Å². The van der Waals surface area contributed by atoms with E-state index in [1.807, 2.05) is 30.5 Å². The van der Waals surface area contributed by atoms with Crippen molar-refractivity contribution < 1.29 is 22.6 Å². The number of hydrogen-bond donors (Lipinski definition) is 1. The number of halogens is 3. The molecule has 0 radical (unpaired) electrons. The van der Waals surface area contributed by atoms with Crippen molar-refractivity contribution in [3.8, 4) is 17.1 Å². The number of fused-ring (bicyclic) bond motifs is 1. The van der Waals surface area contributed by atoms with Gasteiger partial charge in [0, 0.05) is 48.0 Å². The minimum Gasteiger partial charge on any atom is -0.489 e. The first kappa shape index (κ1) is 20.9. The number of ether oxygens (including phenoxy) is 2. The number of H-pyrrole nitrogens is 1. The summed E-state index contributed by atoms with van der Waals surface area (Å²) >= 11 is 0. The van der Waals surface area contributed by atoms with Gasteiger partial charge in [-0.2, -0.15) is 13.2 Å². The molecule has 160 valence electrons. The van der Waals surface area contributed by atoms with Gasteiger partial charge in [0.25, 0.3) is 0 Å². The monoisotopic (exact) mass is 427 g/mol. The Labute approximate surface area is 176 Å². The maximum atomic E-state index is 12.8. The molecule has 2 aromatic heterocycles. The van der Waals surface area contributed by atoms with Gasteiger partial charge in [-0.05, 0) is 36.4 Å². The van der Waals surface area contributed by atoms with E-state index in [-0.39, 0.29) is 6.61 Å². The summed E-state index contributed by atoms with van der Waals surface area (Å²) < 4.78 is 49.5. The summed E-state index contributed by atoms with van der Waals surface area (Å²) in [5, 5.41) is 1.05. The van der Waals surface area contributed by atoms with Crippen molar-refractivity contribution in [2.24, 2.45) is 0 Å². The zero-order valence-electron chi connectivity index (χ0n) is 16.7. The van der Waals surface area contributed by atoms with Gasteiger partial charge >= 0.3 is 6.18 Å². The van der Waals surface area contributed by atoms with Gasteiger partial charge in [-0.25, -0.2) is 9.97 Å². The fourth-order valence-electron chi connectivity index (χ4n) is 3.21. The third-order valence-corrected chi connectivity index (χ3v) is 4.89. The van der Waals surface area contributed by atoms with Crippen LogP contribution in [0.1, 0.15) is 16.8 Å². The molecule has 4 aromatic rings. The van der Waals surface area contributed by atoms with Gasteiger partial charge in [-0.3, -0.25) is 0 Å². The molecule has 0 aliphatic carbocycles. The van der Waals surface area contributed by atoms with E-state index in [0.29, 0.717) is 24.4 Å². The van der Waals surface area contributed by atoms with Gasteiger partial charge in [0.05, 0.1) is 17.9 Å². The Balaban J connectivity index is 1.56. The molecular formula is C23H20F3N3O2. The van der Waals surface area contributed by atoms with E-state index in [9.17, 15) is 13.2 Å². The minimum absolute atomic E-state index is 0.266. The Morgan fingerprint density at radius 1 is 1.03 bits per heavy atom. The zero-order chi connectivity index (χ0) is 21.8. The lowest BCUT2D eigenvalue weighted by atomic mass is 10.1. The van der Waals surface area contributed by atoms with Crippen LogP contribution in [-0.2, 0) is 23.9 Å². The fourth-order valence-corrected chi connectivity index (χ4v) is 3.21. The summed E-state index contributed by atoms with van der Waals surface area (Å²) in [4.78, 5) is 12.0. The van der Waals surface area contributed by atoms with Gasteiger partial charge in [-0.15, -0.1) is 0 Å². The number of benzene rings is 2. The van der Waals surface area contributed by atoms with Crippen molar-refractivity contribution in [2.75, 3.05) is 13.7 Å². The van der Waals surface area contributed by atoms with E-state index in [1.54, 1.807) is 13.3 Å². The number of nitrogens with one attached hydrogen (secondary N) is 1. The van der Waals surface area contributed by atoms with Crippen LogP contribution < -0.4 is 4.74 Å². The summed E-state index contributed by atoms with van der Waals surface area (Å²) in [5.41, 5.74) is 2.35. The summed E-state index contributed by atoms with van der Waals surface area (Å²) in [7, 11) is 1.60. The lowest BCUT2D eigenvalue weighted by molar-refractivity contribution is -0.137. The lowest BCUT2D eigenvalue weighted by Crippen LogP contribution is -2.08. The van der Waals surface area contributed by atoms with Crippen LogP contribution in [0.3, 0.4) is 0 Å². The molecule has 5 nitrogen and oxygen atoms in total. The average molecular weight is 427 g/mol. The van der Waals surface area contributed by atoms with Crippen LogP contribution in [0.4, 0.5) is 13.2 Å². The quantitative estimate of drug-likeness (QED) is 0.428. The third-order valence-electron chi connectivity index (χ3n) is 4.89. The molecule has 0 aliphatic heterocycles. The van der Waals surface area contributed by atoms with Crippen molar-refractivity contribution in [3.63, 3.8) is 0 Å². The highest BCUT2D eigenvalue weighted by Gasteiger charge is 2.30. The molecule has 0 amide bonds. The molecule has 0 aliphatic rings. The highest BCUT2D eigenvalue weighted by molar-refractivity contribution is 5.80. The van der Waals surface area contributed by atoms with Gasteiger partial charge in [-0.1, -0.05) is 12.1 Å². The Morgan fingerprint density at radius 3 is 2.58 bits per heavy atom. The number of alkyl halides is 3. The maximum absolute atomic E-state index is 12.8. The molecule has 8 heteroatoms. The highest BCUT2D eigenvalue weighted by Crippen LogP contribution is 2.30. The molecule has 2 heterocycles. The fraction of sp³-hybridized carbons (Fsp3) is 0.217. The Morgan fingerprint density at radius 2 is 1.84 bits per heavy atom. The second-order valence-corrected chi connectivity index (χ2v) is 7.00. The van der Waals surface area contributed by atoms with Crippen LogP contribution in [0, 0.1) is 0 Å². The molecule has 0 fully saturated rings. The normalized spacial score (nSPS) is 11.7. The van der Waals surface area contributed by atoms with Crippen LogP contribution in [0.25, 0.3) is 22.3 Å². The first-order chi connectivity index (χ1) is 14.9. The van der Waals surface area contributed by atoms with E-state index in [4.69, 9.17) is 9.47 Å². The van der Waals surface area contributed by atoms with Crippen LogP contribution >= 0.6 is 0 Å². The SMILES string of the molecule is COCCc1nc(-c2ccc(C(F)(F)F)cc2)ncc1COc1ccc2[nH]ccc2c1. The topological polar surface area (TPSA) is 60.0 Å². The third kappa shape index (κ3) is 4.86. The Bertz CT molecular complexity index is 1170. The Kier molecular flexibility index (Phi) is 5.90. The largest absolute Gasteiger partial charge is 0.489 e. The molecule has 1 N–H and O–H groups in total. The molecule has 4 rings (SSSR count). The molecule has 2 aromatic carbocycles. The van der Waals surface area contributed by atoms with Crippen LogP contribution in [0.5, 0.6) is 5.75 Å². The summed E-state index contributed by atoms with van der Waals surface area (Å²) in [6, 6.07) is 12.5. The molecule has 0 atom stereocenters. The van der Waals surface area contributed by atoms with Crippen LogP contribution in [0.15, 0.2) is 60.9 Å². The minimum atomic E-state index is -4.38. The highest BCUT2D eigenvalue weighted by atomic mass is 19.4. The number of hydrogen-bond acceptors (Lipinski definition) is 4. The Hall–Kier alpha value is -3.39. The van der Waals surface area contributed by atoms with Crippen molar-refractivity contribution in [3.05, 3.63) is 77.7 Å². The number of methoxy groups -OCH3 is 1. The van der Waals surface area contributed by atoms with Crippen molar-refractivity contribution in [1.82, 2.24) is 15.0 Å². The number of aromatic amines is 1. The van der Waals surface area contributed by atoms with E-state index >= 15 is 0 Å². The number of rotatable bonds is 7. The number of aromatic nitrogens is 3.